The van der Waals surface area contributed by atoms with Crippen LogP contribution < -0.4 is 5.32 Å². The Balaban J connectivity index is 1.63. The number of ether oxygens (including phenoxy) is 1. The van der Waals surface area contributed by atoms with Gasteiger partial charge in [0.2, 0.25) is 0 Å². The minimum atomic E-state index is -0.970. The molecule has 0 aliphatic carbocycles. The molecule has 3 amide bonds. The van der Waals surface area contributed by atoms with Crippen LogP contribution in [0.1, 0.15) is 48.3 Å². The van der Waals surface area contributed by atoms with Crippen LogP contribution in [0.15, 0.2) is 59.8 Å². The second-order valence-corrected chi connectivity index (χ2v) is 9.68. The van der Waals surface area contributed by atoms with Crippen molar-refractivity contribution in [3.8, 4) is 0 Å². The van der Waals surface area contributed by atoms with Crippen molar-refractivity contribution in [3.63, 3.8) is 0 Å². The first kappa shape index (κ1) is 27.3. The van der Waals surface area contributed by atoms with E-state index in [9.17, 15) is 18.8 Å². The number of carbonyl (C=O) groups is 3. The molecule has 4 rings (SSSR count). The third-order valence-electron chi connectivity index (χ3n) is 7.11. The summed E-state index contributed by atoms with van der Waals surface area (Å²) in [7, 11) is 0. The first-order valence-corrected chi connectivity index (χ1v) is 13.1. The topological polar surface area (TPSA) is 82.2 Å². The van der Waals surface area contributed by atoms with Gasteiger partial charge in [-0.2, -0.15) is 0 Å². The van der Waals surface area contributed by atoms with Crippen molar-refractivity contribution in [1.29, 1.82) is 0 Å². The minimum Gasteiger partial charge on any atom is -0.463 e. The lowest BCUT2D eigenvalue weighted by Gasteiger charge is -2.43. The first-order valence-electron chi connectivity index (χ1n) is 13.1. The molecule has 0 saturated carbocycles. The quantitative estimate of drug-likeness (QED) is 0.558. The summed E-state index contributed by atoms with van der Waals surface area (Å²) in [6.45, 7) is 9.90. The molecule has 1 N–H and O–H groups in total. The zero-order chi connectivity index (χ0) is 27.4. The van der Waals surface area contributed by atoms with Crippen molar-refractivity contribution < 1.29 is 23.5 Å². The number of rotatable bonds is 7. The number of nitrogens with zero attached hydrogens (tertiary/aromatic N) is 3. The number of halogens is 1. The number of benzene rings is 2. The van der Waals surface area contributed by atoms with Gasteiger partial charge in [-0.05, 0) is 45.9 Å². The number of aryl methyl sites for hydroxylation is 1. The van der Waals surface area contributed by atoms with Crippen LogP contribution in [0.4, 0.5) is 9.18 Å². The van der Waals surface area contributed by atoms with Crippen molar-refractivity contribution in [2.75, 3.05) is 39.3 Å². The van der Waals surface area contributed by atoms with Crippen LogP contribution in [0.5, 0.6) is 0 Å². The molecule has 2 aliphatic heterocycles. The Bertz CT molecular complexity index is 1230. The summed E-state index contributed by atoms with van der Waals surface area (Å²) in [6, 6.07) is 12.2. The van der Waals surface area contributed by atoms with Gasteiger partial charge in [-0.3, -0.25) is 14.6 Å². The van der Waals surface area contributed by atoms with Gasteiger partial charge in [0.15, 0.2) is 0 Å². The highest BCUT2D eigenvalue weighted by Gasteiger charge is 2.40. The third-order valence-corrected chi connectivity index (χ3v) is 7.11. The largest absolute Gasteiger partial charge is 0.463 e. The normalized spacial score (nSPS) is 20.4. The number of hydrogen-bond donors (Lipinski definition) is 1. The summed E-state index contributed by atoms with van der Waals surface area (Å²) in [5.74, 6) is -1.12. The SMILES string of the molecule is CCOC(=O)C1=C(CN2CCN(C(=O)c3ccc(C)cc3)[C@H](C)C2)N(CC)C(=O)N[C@H]1c1ccccc1F. The van der Waals surface area contributed by atoms with Crippen LogP contribution in [-0.4, -0.2) is 78.0 Å². The molecule has 2 aliphatic rings. The fraction of sp³-hybridized carbons (Fsp3) is 0.414. The van der Waals surface area contributed by atoms with Crippen LogP contribution >= 0.6 is 0 Å². The van der Waals surface area contributed by atoms with Crippen molar-refractivity contribution in [1.82, 2.24) is 20.0 Å². The van der Waals surface area contributed by atoms with Crippen LogP contribution in [0.25, 0.3) is 0 Å². The maximum atomic E-state index is 14.8. The van der Waals surface area contributed by atoms with Crippen molar-refractivity contribution >= 4 is 17.9 Å². The molecular formula is C29H35FN4O4. The monoisotopic (exact) mass is 522 g/mol. The number of esters is 1. The van der Waals surface area contributed by atoms with Gasteiger partial charge in [0, 0.05) is 55.6 Å². The molecule has 1 fully saturated rings. The van der Waals surface area contributed by atoms with Gasteiger partial charge in [0.05, 0.1) is 18.2 Å². The molecule has 2 aromatic rings. The van der Waals surface area contributed by atoms with E-state index in [4.69, 9.17) is 4.74 Å². The highest BCUT2D eigenvalue weighted by molar-refractivity contribution is 5.95. The average Bonchev–Trinajstić information content (AvgIpc) is 2.89. The van der Waals surface area contributed by atoms with E-state index in [0.29, 0.717) is 37.4 Å². The second-order valence-electron chi connectivity index (χ2n) is 9.68. The van der Waals surface area contributed by atoms with Crippen LogP contribution in [0.3, 0.4) is 0 Å². The molecule has 2 heterocycles. The molecule has 0 spiro atoms. The molecule has 2 aromatic carbocycles. The Morgan fingerprint density at radius 2 is 1.79 bits per heavy atom. The molecule has 38 heavy (non-hydrogen) atoms. The van der Waals surface area contributed by atoms with E-state index in [1.54, 1.807) is 25.1 Å². The molecule has 0 bridgehead atoms. The minimum absolute atomic E-state index is 0.0181. The van der Waals surface area contributed by atoms with E-state index in [1.807, 2.05) is 49.9 Å². The lowest BCUT2D eigenvalue weighted by Crippen LogP contribution is -2.56. The molecule has 0 unspecified atom stereocenters. The molecule has 0 radical (unpaired) electrons. The van der Waals surface area contributed by atoms with E-state index in [0.717, 1.165) is 5.56 Å². The van der Waals surface area contributed by atoms with Gasteiger partial charge in [0.1, 0.15) is 5.82 Å². The number of likely N-dealkylation sites (N-methyl/N-ethyl adjacent to an activating group) is 1. The van der Waals surface area contributed by atoms with E-state index in [-0.39, 0.29) is 36.2 Å². The lowest BCUT2D eigenvalue weighted by atomic mass is 9.93. The van der Waals surface area contributed by atoms with Gasteiger partial charge in [-0.15, -0.1) is 0 Å². The summed E-state index contributed by atoms with van der Waals surface area (Å²) in [4.78, 5) is 45.0. The molecule has 8 nitrogen and oxygen atoms in total. The number of urea groups is 1. The summed E-state index contributed by atoms with van der Waals surface area (Å²) in [5.41, 5.74) is 2.67. The Kier molecular flexibility index (Phi) is 8.46. The molecule has 2 atom stereocenters. The molecule has 202 valence electrons. The Hall–Kier alpha value is -3.72. The summed E-state index contributed by atoms with van der Waals surface area (Å²) in [5, 5.41) is 2.80. The van der Waals surface area contributed by atoms with Gasteiger partial charge in [-0.1, -0.05) is 35.9 Å². The Morgan fingerprint density at radius 1 is 1.08 bits per heavy atom. The first-order chi connectivity index (χ1) is 18.2. The average molecular weight is 523 g/mol. The van der Waals surface area contributed by atoms with Crippen LogP contribution in [0, 0.1) is 12.7 Å². The van der Waals surface area contributed by atoms with E-state index < -0.39 is 23.9 Å². The van der Waals surface area contributed by atoms with Gasteiger partial charge in [-0.25, -0.2) is 14.0 Å². The number of hydrogen-bond acceptors (Lipinski definition) is 5. The van der Waals surface area contributed by atoms with Crippen LogP contribution in [0.2, 0.25) is 0 Å². The summed E-state index contributed by atoms with van der Waals surface area (Å²) in [6.07, 6.45) is 0. The Morgan fingerprint density at radius 3 is 2.42 bits per heavy atom. The number of amides is 3. The Labute approximate surface area is 223 Å². The van der Waals surface area contributed by atoms with Crippen molar-refractivity contribution in [2.24, 2.45) is 0 Å². The fourth-order valence-corrected chi connectivity index (χ4v) is 5.15. The molecule has 9 heteroatoms. The summed E-state index contributed by atoms with van der Waals surface area (Å²) < 4.78 is 20.2. The van der Waals surface area contributed by atoms with E-state index in [1.165, 1.54) is 11.0 Å². The zero-order valence-corrected chi connectivity index (χ0v) is 22.4. The molecular weight excluding hydrogens is 487 g/mol. The van der Waals surface area contributed by atoms with Crippen LogP contribution in [-0.2, 0) is 9.53 Å². The molecule has 1 saturated heterocycles. The van der Waals surface area contributed by atoms with Gasteiger partial charge in [0.25, 0.3) is 5.91 Å². The maximum Gasteiger partial charge on any atom is 0.338 e. The van der Waals surface area contributed by atoms with E-state index >= 15 is 0 Å². The fourth-order valence-electron chi connectivity index (χ4n) is 5.15. The highest BCUT2D eigenvalue weighted by atomic mass is 19.1. The standard InChI is InChI=1S/C29H35FN4O4/c1-5-33-24(18-32-15-16-34(20(4)17-32)27(35)21-13-11-19(3)12-14-21)25(28(36)38-6-2)26(31-29(33)37)22-9-7-8-10-23(22)30/h7-14,20,26H,5-6,15-18H2,1-4H3,(H,31,37)/t20-,26+/m1/s1. The smallest absolute Gasteiger partial charge is 0.338 e. The van der Waals surface area contributed by atoms with Crippen molar-refractivity contribution in [3.05, 3.63) is 82.3 Å². The zero-order valence-electron chi connectivity index (χ0n) is 22.4. The third kappa shape index (κ3) is 5.57. The predicted octanol–water partition coefficient (Wildman–Crippen LogP) is 3.88. The van der Waals surface area contributed by atoms with Gasteiger partial charge >= 0.3 is 12.0 Å². The maximum absolute atomic E-state index is 14.8. The molecule has 0 aromatic heterocycles. The second kappa shape index (κ2) is 11.8. The number of nitrogens with one attached hydrogen (secondary N) is 1. The number of piperazine rings is 1. The number of carbonyl (C=O) groups excluding carboxylic acids is 3. The van der Waals surface area contributed by atoms with Gasteiger partial charge < -0.3 is 15.0 Å². The summed E-state index contributed by atoms with van der Waals surface area (Å²) >= 11 is 0. The highest BCUT2D eigenvalue weighted by Crippen LogP contribution is 2.33. The van der Waals surface area contributed by atoms with E-state index in [2.05, 4.69) is 10.2 Å². The van der Waals surface area contributed by atoms with Crippen molar-refractivity contribution in [2.45, 2.75) is 39.8 Å². The lowest BCUT2D eigenvalue weighted by molar-refractivity contribution is -0.139. The predicted molar refractivity (Wildman–Crippen MR) is 142 cm³/mol.